The fourth-order valence-corrected chi connectivity index (χ4v) is 4.52. The van der Waals surface area contributed by atoms with E-state index < -0.39 is 6.10 Å². The highest BCUT2D eigenvalue weighted by atomic mass is 32.1. The van der Waals surface area contributed by atoms with Crippen molar-refractivity contribution in [2.75, 3.05) is 13.2 Å². The highest BCUT2D eigenvalue weighted by molar-refractivity contribution is 7.09. The lowest BCUT2D eigenvalue weighted by Crippen LogP contribution is -2.21. The minimum absolute atomic E-state index is 0.0496. The van der Waals surface area contributed by atoms with Gasteiger partial charge in [-0.1, -0.05) is 29.7 Å². The largest absolute Gasteiger partial charge is 0.491 e. The first-order valence-electron chi connectivity index (χ1n) is 11.0. The number of benzene rings is 3. The van der Waals surface area contributed by atoms with Crippen LogP contribution in [0.3, 0.4) is 0 Å². The number of aliphatic hydroxyl groups excluding tert-OH is 2. The third-order valence-corrected chi connectivity index (χ3v) is 6.32. The molecule has 0 saturated carbocycles. The molecule has 7 heteroatoms. The lowest BCUT2D eigenvalue weighted by atomic mass is 9.94. The second kappa shape index (κ2) is 10.7. The van der Waals surface area contributed by atoms with Gasteiger partial charge in [0.2, 0.25) is 0 Å². The number of ether oxygens (including phenoxy) is 2. The molecular weight excluding hydrogens is 450 g/mol. The van der Waals surface area contributed by atoms with Crippen molar-refractivity contribution in [3.63, 3.8) is 0 Å². The van der Waals surface area contributed by atoms with Gasteiger partial charge in [0.05, 0.1) is 11.5 Å². The van der Waals surface area contributed by atoms with Crippen molar-refractivity contribution in [2.24, 2.45) is 0 Å². The van der Waals surface area contributed by atoms with Crippen LogP contribution in [0.25, 0.3) is 21.6 Å². The molecule has 1 aromatic heterocycles. The van der Waals surface area contributed by atoms with Crippen LogP contribution in [-0.4, -0.2) is 33.9 Å². The van der Waals surface area contributed by atoms with Crippen LogP contribution in [0, 0.1) is 13.8 Å². The maximum Gasteiger partial charge on any atom is 0.258 e. The van der Waals surface area contributed by atoms with E-state index in [2.05, 4.69) is 16.5 Å². The van der Waals surface area contributed by atoms with Crippen molar-refractivity contribution in [2.45, 2.75) is 26.6 Å². The van der Waals surface area contributed by atoms with Crippen molar-refractivity contribution in [1.82, 2.24) is 4.37 Å². The summed E-state index contributed by atoms with van der Waals surface area (Å²) < 4.78 is 14.3. The first-order chi connectivity index (χ1) is 16.4. The lowest BCUT2D eigenvalue weighted by molar-refractivity contribution is 0.0536. The number of aromatic amines is 1. The molecule has 1 atom stereocenters. The van der Waals surface area contributed by atoms with E-state index in [9.17, 15) is 9.90 Å². The third kappa shape index (κ3) is 5.75. The zero-order valence-electron chi connectivity index (χ0n) is 19.1. The Morgan fingerprint density at radius 3 is 2.29 bits per heavy atom. The predicted octanol–water partition coefficient (Wildman–Crippen LogP) is 4.70. The molecule has 0 bridgehead atoms. The highest BCUT2D eigenvalue weighted by Crippen LogP contribution is 2.32. The smallest absolute Gasteiger partial charge is 0.258 e. The summed E-state index contributed by atoms with van der Waals surface area (Å²) in [6, 6.07) is 21.4. The molecular formula is C27H27NO5S. The number of rotatable bonds is 9. The minimum Gasteiger partial charge on any atom is -0.491 e. The Hall–Kier alpha value is -3.39. The molecule has 0 amide bonds. The van der Waals surface area contributed by atoms with Crippen molar-refractivity contribution in [3.8, 4) is 33.1 Å². The van der Waals surface area contributed by atoms with Crippen LogP contribution < -0.4 is 15.0 Å². The van der Waals surface area contributed by atoms with Crippen molar-refractivity contribution in [1.29, 1.82) is 0 Å². The summed E-state index contributed by atoms with van der Waals surface area (Å²) in [4.78, 5) is 12.2. The average molecular weight is 478 g/mol. The summed E-state index contributed by atoms with van der Waals surface area (Å²) >= 11 is 1.32. The summed E-state index contributed by atoms with van der Waals surface area (Å²) in [5.41, 5.74) is 6.29. The van der Waals surface area contributed by atoms with E-state index in [0.717, 1.165) is 44.0 Å². The number of hydrogen-bond acceptors (Lipinski definition) is 6. The first kappa shape index (κ1) is 23.8. The fraction of sp³-hybridized carbons (Fsp3) is 0.222. The number of aliphatic hydroxyl groups is 2. The van der Waals surface area contributed by atoms with Gasteiger partial charge in [-0.3, -0.25) is 9.17 Å². The van der Waals surface area contributed by atoms with E-state index >= 15 is 0 Å². The minimum atomic E-state index is -0.895. The first-order valence-corrected chi connectivity index (χ1v) is 11.8. The molecule has 3 N–H and O–H groups in total. The molecule has 0 radical (unpaired) electrons. The fourth-order valence-electron chi connectivity index (χ4n) is 3.83. The van der Waals surface area contributed by atoms with Crippen molar-refractivity contribution in [3.05, 3.63) is 93.8 Å². The van der Waals surface area contributed by atoms with Crippen molar-refractivity contribution < 1.29 is 19.7 Å². The van der Waals surface area contributed by atoms with E-state index in [-0.39, 0.29) is 18.8 Å². The number of aryl methyl sites for hydroxylation is 2. The van der Waals surface area contributed by atoms with Gasteiger partial charge in [-0.05, 0) is 89.7 Å². The Morgan fingerprint density at radius 1 is 0.912 bits per heavy atom. The maximum atomic E-state index is 11.4. The lowest BCUT2D eigenvalue weighted by Gasteiger charge is -2.16. The van der Waals surface area contributed by atoms with Gasteiger partial charge in [0, 0.05) is 6.07 Å². The summed E-state index contributed by atoms with van der Waals surface area (Å²) in [5, 5.41) is 18.5. The number of H-pyrrole nitrogens is 1. The second-order valence-corrected chi connectivity index (χ2v) is 9.02. The monoisotopic (exact) mass is 477 g/mol. The highest BCUT2D eigenvalue weighted by Gasteiger charge is 2.11. The quantitative estimate of drug-likeness (QED) is 0.325. The molecule has 3 aromatic carbocycles. The van der Waals surface area contributed by atoms with E-state index in [0.29, 0.717) is 12.4 Å². The molecule has 0 aliphatic carbocycles. The Bertz CT molecular complexity index is 1290. The van der Waals surface area contributed by atoms with Gasteiger partial charge >= 0.3 is 0 Å². The zero-order chi connectivity index (χ0) is 24.1. The summed E-state index contributed by atoms with van der Waals surface area (Å²) in [5.74, 6) is 1.43. The number of nitrogens with one attached hydrogen (secondary N) is 1. The summed E-state index contributed by atoms with van der Waals surface area (Å²) in [7, 11) is 0. The van der Waals surface area contributed by atoms with Crippen LogP contribution in [0.4, 0.5) is 0 Å². The van der Waals surface area contributed by atoms with Crippen LogP contribution in [0.15, 0.2) is 71.5 Å². The molecule has 4 aromatic rings. The third-order valence-electron chi connectivity index (χ3n) is 5.44. The summed E-state index contributed by atoms with van der Waals surface area (Å²) in [6.07, 6.45) is -0.895. The van der Waals surface area contributed by atoms with E-state index in [1.54, 1.807) is 6.07 Å². The normalized spacial score (nSPS) is 11.9. The SMILES string of the molecule is Cc1cc(OC[C@H](O)CO)cc(C)c1-c1cccc(COc2ccc(-c3cc(=O)[nH]s3)cc2)c1. The zero-order valence-corrected chi connectivity index (χ0v) is 19.9. The molecule has 0 aliphatic rings. The number of hydrogen-bond donors (Lipinski definition) is 3. The average Bonchev–Trinajstić information content (AvgIpc) is 3.27. The second-order valence-electron chi connectivity index (χ2n) is 8.17. The van der Waals surface area contributed by atoms with Crippen LogP contribution in [0.2, 0.25) is 0 Å². The Morgan fingerprint density at radius 2 is 1.65 bits per heavy atom. The van der Waals surface area contributed by atoms with Crippen LogP contribution in [0.1, 0.15) is 16.7 Å². The molecule has 6 nitrogen and oxygen atoms in total. The Labute approximate surface area is 202 Å². The van der Waals surface area contributed by atoms with Crippen LogP contribution in [0.5, 0.6) is 11.5 Å². The van der Waals surface area contributed by atoms with Gasteiger partial charge in [0.15, 0.2) is 0 Å². The van der Waals surface area contributed by atoms with Gasteiger partial charge in [0.1, 0.15) is 30.8 Å². The molecule has 0 fully saturated rings. The molecule has 0 saturated heterocycles. The maximum absolute atomic E-state index is 11.4. The molecule has 1 heterocycles. The van der Waals surface area contributed by atoms with Crippen molar-refractivity contribution >= 4 is 11.5 Å². The van der Waals surface area contributed by atoms with E-state index in [4.69, 9.17) is 14.6 Å². The van der Waals surface area contributed by atoms with Gasteiger partial charge in [-0.25, -0.2) is 0 Å². The van der Waals surface area contributed by atoms with Gasteiger partial charge in [-0.15, -0.1) is 0 Å². The Kier molecular flexibility index (Phi) is 7.47. The van der Waals surface area contributed by atoms with Gasteiger partial charge in [0.25, 0.3) is 5.56 Å². The van der Waals surface area contributed by atoms with E-state index in [1.165, 1.54) is 11.5 Å². The molecule has 4 rings (SSSR count). The molecule has 0 unspecified atom stereocenters. The van der Waals surface area contributed by atoms with Crippen LogP contribution >= 0.6 is 11.5 Å². The van der Waals surface area contributed by atoms with Gasteiger partial charge < -0.3 is 19.7 Å². The summed E-state index contributed by atoms with van der Waals surface area (Å²) in [6.45, 7) is 4.22. The standard InChI is InChI=1S/C27H27NO5S/c1-17-10-24(33-16-22(30)14-29)11-18(2)27(17)21-5-3-4-19(12-21)15-32-23-8-6-20(7-9-23)25-13-26(31)28-34-25/h3-13,22,29-30H,14-16H2,1-2H3,(H,28,31)/t22-/m1/s1. The van der Waals surface area contributed by atoms with E-state index in [1.807, 2.05) is 62.4 Å². The molecule has 34 heavy (non-hydrogen) atoms. The number of aromatic nitrogens is 1. The van der Waals surface area contributed by atoms with Gasteiger partial charge in [-0.2, -0.15) is 0 Å². The topological polar surface area (TPSA) is 91.8 Å². The Balaban J connectivity index is 1.45. The predicted molar refractivity (Wildman–Crippen MR) is 135 cm³/mol. The molecule has 0 aliphatic heterocycles. The molecule has 176 valence electrons. The molecule has 0 spiro atoms. The van der Waals surface area contributed by atoms with Crippen LogP contribution in [-0.2, 0) is 6.61 Å².